The van der Waals surface area contributed by atoms with Crippen molar-refractivity contribution >= 4 is 0 Å². The molecule has 0 radical (unpaired) electrons. The largest absolute Gasteiger partial charge is 0.377 e. The molecule has 0 spiro atoms. The van der Waals surface area contributed by atoms with Crippen LogP contribution in [0.2, 0.25) is 0 Å². The van der Waals surface area contributed by atoms with Crippen LogP contribution in [-0.2, 0) is 15.9 Å². The Morgan fingerprint density at radius 3 is 2.74 bits per heavy atom. The number of likely N-dealkylation sites (N-methyl/N-ethyl adjacent to an activating group) is 1. The van der Waals surface area contributed by atoms with Crippen molar-refractivity contribution in [3.05, 3.63) is 35.9 Å². The third-order valence-corrected chi connectivity index (χ3v) is 3.77. The van der Waals surface area contributed by atoms with E-state index >= 15 is 0 Å². The van der Waals surface area contributed by atoms with E-state index in [2.05, 4.69) is 42.6 Å². The third-order valence-electron chi connectivity index (χ3n) is 3.77. The average molecular weight is 263 g/mol. The predicted molar refractivity (Wildman–Crippen MR) is 77.4 cm³/mol. The van der Waals surface area contributed by atoms with Crippen LogP contribution in [0.5, 0.6) is 0 Å². The van der Waals surface area contributed by atoms with Gasteiger partial charge in [0.05, 0.1) is 12.2 Å². The maximum absolute atomic E-state index is 5.91. The highest BCUT2D eigenvalue weighted by Crippen LogP contribution is 2.27. The van der Waals surface area contributed by atoms with Gasteiger partial charge in [0.15, 0.2) is 0 Å². The van der Waals surface area contributed by atoms with Gasteiger partial charge in [-0.2, -0.15) is 0 Å². The van der Waals surface area contributed by atoms with Gasteiger partial charge >= 0.3 is 0 Å². The lowest BCUT2D eigenvalue weighted by Gasteiger charge is -2.43. The van der Waals surface area contributed by atoms with Crippen LogP contribution in [0.4, 0.5) is 0 Å². The van der Waals surface area contributed by atoms with Crippen LogP contribution in [0, 0.1) is 0 Å². The molecule has 1 aromatic carbocycles. The topological polar surface area (TPSA) is 30.5 Å². The van der Waals surface area contributed by atoms with Crippen molar-refractivity contribution in [3.8, 4) is 0 Å². The summed E-state index contributed by atoms with van der Waals surface area (Å²) in [5.74, 6) is 0. The van der Waals surface area contributed by atoms with E-state index in [0.29, 0.717) is 6.04 Å². The number of hydrogen-bond acceptors (Lipinski definition) is 3. The Bertz CT molecular complexity index is 355. The fourth-order valence-corrected chi connectivity index (χ4v) is 2.68. The molecule has 106 valence electrons. The van der Waals surface area contributed by atoms with E-state index in [0.717, 1.165) is 32.4 Å². The Morgan fingerprint density at radius 2 is 2.05 bits per heavy atom. The Balaban J connectivity index is 1.61. The van der Waals surface area contributed by atoms with Gasteiger partial charge in [-0.3, -0.25) is 0 Å². The molecule has 19 heavy (non-hydrogen) atoms. The number of benzene rings is 1. The zero-order valence-electron chi connectivity index (χ0n) is 12.0. The van der Waals surface area contributed by atoms with Gasteiger partial charge in [-0.1, -0.05) is 37.3 Å². The second-order valence-electron chi connectivity index (χ2n) is 5.10. The molecule has 2 rings (SSSR count). The molecule has 3 nitrogen and oxygen atoms in total. The summed E-state index contributed by atoms with van der Waals surface area (Å²) in [6, 6.07) is 11.0. The van der Waals surface area contributed by atoms with Crippen LogP contribution < -0.4 is 5.32 Å². The quantitative estimate of drug-likeness (QED) is 0.731. The molecule has 1 N–H and O–H groups in total. The molecule has 1 aliphatic rings. The molecule has 1 aliphatic carbocycles. The summed E-state index contributed by atoms with van der Waals surface area (Å²) in [6.07, 6.45) is 3.71. The monoisotopic (exact) mass is 263 g/mol. The molecule has 0 aromatic heterocycles. The molecule has 0 aliphatic heterocycles. The number of hydrogen-bond donors (Lipinski definition) is 1. The summed E-state index contributed by atoms with van der Waals surface area (Å²) in [4.78, 5) is 0. The van der Waals surface area contributed by atoms with Gasteiger partial charge in [0.25, 0.3) is 0 Å². The summed E-state index contributed by atoms with van der Waals surface area (Å²) in [5, 5.41) is 3.42. The smallest absolute Gasteiger partial charge is 0.0986 e. The first kappa shape index (κ1) is 14.5. The van der Waals surface area contributed by atoms with Crippen LogP contribution in [0.15, 0.2) is 30.3 Å². The molecule has 0 amide bonds. The first-order valence-corrected chi connectivity index (χ1v) is 7.27. The van der Waals surface area contributed by atoms with Gasteiger partial charge in [-0.05, 0) is 31.4 Å². The molecule has 0 bridgehead atoms. The second-order valence-corrected chi connectivity index (χ2v) is 5.10. The highest BCUT2D eigenvalue weighted by Gasteiger charge is 2.41. The van der Waals surface area contributed by atoms with E-state index in [1.165, 1.54) is 5.56 Å². The fraction of sp³-hybridized carbons (Fsp3) is 0.625. The predicted octanol–water partition coefficient (Wildman–Crippen LogP) is 2.40. The summed E-state index contributed by atoms with van der Waals surface area (Å²) in [7, 11) is 1.77. The van der Waals surface area contributed by atoms with Gasteiger partial charge in [-0.25, -0.2) is 0 Å². The molecule has 1 aromatic rings. The Kier molecular flexibility index (Phi) is 5.83. The molecule has 3 atom stereocenters. The molecular formula is C16H25NO2. The molecule has 3 heteroatoms. The Hall–Kier alpha value is -0.900. The minimum atomic E-state index is 0.219. The van der Waals surface area contributed by atoms with E-state index in [-0.39, 0.29) is 12.2 Å². The van der Waals surface area contributed by atoms with E-state index in [1.807, 2.05) is 0 Å². The first-order chi connectivity index (χ1) is 9.35. The number of rotatable bonds is 8. The molecule has 0 heterocycles. The zero-order valence-corrected chi connectivity index (χ0v) is 12.0. The maximum Gasteiger partial charge on any atom is 0.0986 e. The van der Waals surface area contributed by atoms with E-state index < -0.39 is 0 Å². The maximum atomic E-state index is 5.91. The van der Waals surface area contributed by atoms with Gasteiger partial charge < -0.3 is 14.8 Å². The van der Waals surface area contributed by atoms with Crippen molar-refractivity contribution in [1.29, 1.82) is 0 Å². The molecular weight excluding hydrogens is 238 g/mol. The van der Waals surface area contributed by atoms with Crippen molar-refractivity contribution in [3.63, 3.8) is 0 Å². The lowest BCUT2D eigenvalue weighted by molar-refractivity contribution is -0.133. The summed E-state index contributed by atoms with van der Waals surface area (Å²) < 4.78 is 11.4. The van der Waals surface area contributed by atoms with E-state index in [4.69, 9.17) is 9.47 Å². The van der Waals surface area contributed by atoms with Crippen molar-refractivity contribution in [2.24, 2.45) is 0 Å². The van der Waals surface area contributed by atoms with Crippen molar-refractivity contribution in [2.75, 3.05) is 20.3 Å². The van der Waals surface area contributed by atoms with Crippen LogP contribution in [-0.4, -0.2) is 38.5 Å². The lowest BCUT2D eigenvalue weighted by atomic mass is 9.85. The number of methoxy groups -OCH3 is 1. The fourth-order valence-electron chi connectivity index (χ4n) is 2.68. The zero-order chi connectivity index (χ0) is 13.5. The number of nitrogens with one attached hydrogen (secondary N) is 1. The van der Waals surface area contributed by atoms with Crippen LogP contribution in [0.3, 0.4) is 0 Å². The Labute approximate surface area is 116 Å². The van der Waals surface area contributed by atoms with Crippen molar-refractivity contribution < 1.29 is 9.47 Å². The van der Waals surface area contributed by atoms with E-state index in [9.17, 15) is 0 Å². The SMILES string of the molecule is CCNC1CC(OCCCc2ccccc2)C1OC. The molecule has 3 unspecified atom stereocenters. The Morgan fingerprint density at radius 1 is 1.26 bits per heavy atom. The van der Waals surface area contributed by atoms with E-state index in [1.54, 1.807) is 7.11 Å². The lowest BCUT2D eigenvalue weighted by Crippen LogP contribution is -2.59. The third kappa shape index (κ3) is 4.03. The van der Waals surface area contributed by atoms with Gasteiger partial charge in [0.1, 0.15) is 0 Å². The second kappa shape index (κ2) is 7.63. The molecule has 0 saturated heterocycles. The van der Waals surface area contributed by atoms with Crippen LogP contribution >= 0.6 is 0 Å². The van der Waals surface area contributed by atoms with Crippen LogP contribution in [0.25, 0.3) is 0 Å². The average Bonchev–Trinajstić information content (AvgIpc) is 2.42. The molecule has 1 saturated carbocycles. The standard InChI is InChI=1S/C16H25NO2/c1-3-17-14-12-15(16(14)18-2)19-11-7-10-13-8-5-4-6-9-13/h4-6,8-9,14-17H,3,7,10-12H2,1-2H3. The number of ether oxygens (including phenoxy) is 2. The normalized spacial score (nSPS) is 26.1. The van der Waals surface area contributed by atoms with Crippen LogP contribution in [0.1, 0.15) is 25.3 Å². The van der Waals surface area contributed by atoms with Gasteiger partial charge in [0, 0.05) is 19.8 Å². The van der Waals surface area contributed by atoms with Crippen molar-refractivity contribution in [2.45, 2.75) is 44.4 Å². The first-order valence-electron chi connectivity index (χ1n) is 7.27. The number of aryl methyl sites for hydroxylation is 1. The summed E-state index contributed by atoms with van der Waals surface area (Å²) >= 11 is 0. The summed E-state index contributed by atoms with van der Waals surface area (Å²) in [6.45, 7) is 3.93. The van der Waals surface area contributed by atoms with Crippen molar-refractivity contribution in [1.82, 2.24) is 5.32 Å². The van der Waals surface area contributed by atoms with Gasteiger partial charge in [0.2, 0.25) is 0 Å². The minimum absolute atomic E-state index is 0.219. The molecule has 1 fully saturated rings. The van der Waals surface area contributed by atoms with Gasteiger partial charge in [-0.15, -0.1) is 0 Å². The highest BCUT2D eigenvalue weighted by molar-refractivity contribution is 5.14. The summed E-state index contributed by atoms with van der Waals surface area (Å²) in [5.41, 5.74) is 1.38. The highest BCUT2D eigenvalue weighted by atomic mass is 16.5. The minimum Gasteiger partial charge on any atom is -0.377 e.